The average molecular weight is 297 g/mol. The van der Waals surface area contributed by atoms with Crippen LogP contribution in [0.5, 0.6) is 0 Å². The zero-order chi connectivity index (χ0) is 14.7. The van der Waals surface area contributed by atoms with E-state index in [9.17, 15) is 4.79 Å². The van der Waals surface area contributed by atoms with Gasteiger partial charge in [-0.15, -0.1) is 0 Å². The van der Waals surface area contributed by atoms with Gasteiger partial charge >= 0.3 is 5.97 Å². The van der Waals surface area contributed by atoms with Gasteiger partial charge in [-0.3, -0.25) is 0 Å². The second-order valence-corrected chi connectivity index (χ2v) is 5.96. The molecule has 2 rings (SSSR count). The van der Waals surface area contributed by atoms with E-state index in [1.165, 1.54) is 0 Å². The third-order valence-corrected chi connectivity index (χ3v) is 4.16. The Balaban J connectivity index is 1.98. The van der Waals surface area contributed by atoms with Gasteiger partial charge in [-0.1, -0.05) is 11.6 Å². The third-order valence-electron chi connectivity index (χ3n) is 3.83. The molecule has 1 aliphatic rings. The summed E-state index contributed by atoms with van der Waals surface area (Å²) in [6, 6.07) is 6.07. The van der Waals surface area contributed by atoms with Gasteiger partial charge in [0.2, 0.25) is 0 Å². The van der Waals surface area contributed by atoms with E-state index in [1.54, 1.807) is 12.1 Å². The summed E-state index contributed by atoms with van der Waals surface area (Å²) in [4.78, 5) is 13.5. The van der Waals surface area contributed by atoms with E-state index in [2.05, 4.69) is 24.1 Å². The van der Waals surface area contributed by atoms with E-state index in [0.29, 0.717) is 12.1 Å². The van der Waals surface area contributed by atoms with Gasteiger partial charge in [0.25, 0.3) is 0 Å². The Bertz CT molecular complexity index is 483. The van der Waals surface area contributed by atoms with Crippen molar-refractivity contribution >= 4 is 23.3 Å². The molecule has 0 saturated carbocycles. The van der Waals surface area contributed by atoms with Crippen LogP contribution in [0.25, 0.3) is 0 Å². The van der Waals surface area contributed by atoms with E-state index >= 15 is 0 Å². The first-order valence-corrected chi connectivity index (χ1v) is 7.38. The lowest BCUT2D eigenvalue weighted by atomic mass is 10.0. The highest BCUT2D eigenvalue weighted by Gasteiger charge is 2.21. The van der Waals surface area contributed by atoms with E-state index in [1.807, 2.05) is 6.07 Å². The molecular weight excluding hydrogens is 276 g/mol. The number of aromatic carboxylic acids is 1. The Morgan fingerprint density at radius 3 is 2.60 bits per heavy atom. The molecule has 5 heteroatoms. The van der Waals surface area contributed by atoms with Crippen LogP contribution >= 0.6 is 11.6 Å². The number of anilines is 1. The van der Waals surface area contributed by atoms with Gasteiger partial charge in [-0.2, -0.15) is 0 Å². The quantitative estimate of drug-likeness (QED) is 0.895. The van der Waals surface area contributed by atoms with Gasteiger partial charge in [0.1, 0.15) is 0 Å². The number of hydrogen-bond donors (Lipinski definition) is 2. The Morgan fingerprint density at radius 2 is 2.05 bits per heavy atom. The molecule has 110 valence electrons. The topological polar surface area (TPSA) is 52.6 Å². The highest BCUT2D eigenvalue weighted by molar-refractivity contribution is 6.33. The van der Waals surface area contributed by atoms with E-state index in [0.717, 1.165) is 31.6 Å². The number of likely N-dealkylation sites (tertiary alicyclic amines) is 1. The van der Waals surface area contributed by atoms with Crippen LogP contribution in [-0.4, -0.2) is 41.1 Å². The number of rotatable bonds is 4. The molecule has 1 saturated heterocycles. The molecule has 0 spiro atoms. The monoisotopic (exact) mass is 296 g/mol. The highest BCUT2D eigenvalue weighted by atomic mass is 35.5. The highest BCUT2D eigenvalue weighted by Crippen LogP contribution is 2.23. The van der Waals surface area contributed by atoms with Gasteiger partial charge in [-0.05, 0) is 44.9 Å². The molecule has 1 heterocycles. The maximum atomic E-state index is 11.1. The number of carbonyl (C=O) groups is 1. The lowest BCUT2D eigenvalue weighted by Crippen LogP contribution is -2.42. The zero-order valence-corrected chi connectivity index (χ0v) is 12.7. The van der Waals surface area contributed by atoms with Crippen LogP contribution in [0.2, 0.25) is 5.02 Å². The smallest absolute Gasteiger partial charge is 0.337 e. The van der Waals surface area contributed by atoms with Crippen LogP contribution in [0.4, 0.5) is 5.69 Å². The van der Waals surface area contributed by atoms with Crippen LogP contribution in [-0.2, 0) is 0 Å². The van der Waals surface area contributed by atoms with Crippen LogP contribution in [0.3, 0.4) is 0 Å². The Labute approximate surface area is 124 Å². The summed E-state index contributed by atoms with van der Waals surface area (Å²) in [5.74, 6) is -0.992. The lowest BCUT2D eigenvalue weighted by Gasteiger charge is -2.35. The summed E-state index contributed by atoms with van der Waals surface area (Å²) in [5.41, 5.74) is 0.978. The first kappa shape index (κ1) is 15.1. The lowest BCUT2D eigenvalue weighted by molar-refractivity contribution is 0.0697. The summed E-state index contributed by atoms with van der Waals surface area (Å²) in [7, 11) is 0. The molecular formula is C15H21ClN2O2. The van der Waals surface area contributed by atoms with Crippen LogP contribution in [0.15, 0.2) is 18.2 Å². The van der Waals surface area contributed by atoms with Gasteiger partial charge in [-0.25, -0.2) is 4.79 Å². The fourth-order valence-electron chi connectivity index (χ4n) is 2.57. The number of nitrogens with one attached hydrogen (secondary N) is 1. The Kier molecular flexibility index (Phi) is 4.89. The van der Waals surface area contributed by atoms with E-state index in [-0.39, 0.29) is 10.6 Å². The molecule has 1 aliphatic heterocycles. The minimum atomic E-state index is -0.992. The number of benzene rings is 1. The standard InChI is InChI=1S/C15H21ClN2O2/c1-10(2)18-7-5-11(6-8-18)17-12-3-4-14(16)13(9-12)15(19)20/h3-4,9-11,17H,5-8H2,1-2H3,(H,19,20). The fourth-order valence-corrected chi connectivity index (χ4v) is 2.77. The summed E-state index contributed by atoms with van der Waals surface area (Å²) in [6.45, 7) is 6.58. The second-order valence-electron chi connectivity index (χ2n) is 5.55. The minimum absolute atomic E-state index is 0.149. The number of carboxylic acid groups (broad SMARTS) is 1. The molecule has 2 N–H and O–H groups in total. The number of carboxylic acids is 1. The number of nitrogens with zero attached hydrogens (tertiary/aromatic N) is 1. The van der Waals surface area contributed by atoms with Crippen molar-refractivity contribution in [2.24, 2.45) is 0 Å². The third kappa shape index (κ3) is 3.64. The molecule has 0 unspecified atom stereocenters. The predicted octanol–water partition coefficient (Wildman–Crippen LogP) is 3.32. The summed E-state index contributed by atoms with van der Waals surface area (Å²) in [6.07, 6.45) is 2.15. The van der Waals surface area contributed by atoms with Crippen molar-refractivity contribution in [3.63, 3.8) is 0 Å². The summed E-state index contributed by atoms with van der Waals surface area (Å²) in [5, 5.41) is 12.8. The average Bonchev–Trinajstić information content (AvgIpc) is 2.41. The molecule has 20 heavy (non-hydrogen) atoms. The molecule has 0 aromatic heterocycles. The van der Waals surface area contributed by atoms with Crippen molar-refractivity contribution in [1.82, 2.24) is 4.90 Å². The predicted molar refractivity (Wildman–Crippen MR) is 81.8 cm³/mol. The van der Waals surface area contributed by atoms with Crippen molar-refractivity contribution in [3.8, 4) is 0 Å². The number of halogens is 1. The van der Waals surface area contributed by atoms with Gasteiger partial charge in [0.05, 0.1) is 10.6 Å². The normalized spacial score (nSPS) is 17.4. The molecule has 1 aromatic carbocycles. The zero-order valence-electron chi connectivity index (χ0n) is 11.9. The SMILES string of the molecule is CC(C)N1CCC(Nc2ccc(Cl)c(C(=O)O)c2)CC1. The number of piperidine rings is 1. The largest absolute Gasteiger partial charge is 0.478 e. The van der Waals surface area contributed by atoms with Crippen molar-refractivity contribution < 1.29 is 9.90 Å². The van der Waals surface area contributed by atoms with Crippen molar-refractivity contribution in [1.29, 1.82) is 0 Å². The molecule has 1 aromatic rings. The Morgan fingerprint density at radius 1 is 1.40 bits per heavy atom. The van der Waals surface area contributed by atoms with Crippen molar-refractivity contribution in [3.05, 3.63) is 28.8 Å². The van der Waals surface area contributed by atoms with Crippen molar-refractivity contribution in [2.75, 3.05) is 18.4 Å². The van der Waals surface area contributed by atoms with Gasteiger partial charge < -0.3 is 15.3 Å². The van der Waals surface area contributed by atoms with Crippen LogP contribution in [0, 0.1) is 0 Å². The van der Waals surface area contributed by atoms with Crippen LogP contribution < -0.4 is 5.32 Å². The molecule has 0 bridgehead atoms. The first-order valence-electron chi connectivity index (χ1n) is 7.01. The fraction of sp³-hybridized carbons (Fsp3) is 0.533. The summed E-state index contributed by atoms with van der Waals surface area (Å²) < 4.78 is 0. The maximum Gasteiger partial charge on any atom is 0.337 e. The molecule has 0 radical (unpaired) electrons. The first-order chi connectivity index (χ1) is 9.47. The number of hydrogen-bond acceptors (Lipinski definition) is 3. The summed E-state index contributed by atoms with van der Waals surface area (Å²) >= 11 is 5.87. The minimum Gasteiger partial charge on any atom is -0.478 e. The Hall–Kier alpha value is -1.26. The second kappa shape index (κ2) is 6.46. The van der Waals surface area contributed by atoms with Crippen LogP contribution in [0.1, 0.15) is 37.0 Å². The van der Waals surface area contributed by atoms with E-state index in [4.69, 9.17) is 16.7 Å². The van der Waals surface area contributed by atoms with Gasteiger partial charge in [0, 0.05) is 30.9 Å². The van der Waals surface area contributed by atoms with Crippen molar-refractivity contribution in [2.45, 2.75) is 38.8 Å². The molecule has 0 amide bonds. The van der Waals surface area contributed by atoms with E-state index < -0.39 is 5.97 Å². The molecule has 0 atom stereocenters. The molecule has 0 aliphatic carbocycles. The molecule has 4 nitrogen and oxygen atoms in total. The van der Waals surface area contributed by atoms with Gasteiger partial charge in [0.15, 0.2) is 0 Å². The maximum absolute atomic E-state index is 11.1. The molecule has 1 fully saturated rings.